The lowest BCUT2D eigenvalue weighted by Crippen LogP contribution is -2.28. The van der Waals surface area contributed by atoms with Crippen LogP contribution in [0.4, 0.5) is 4.39 Å². The minimum absolute atomic E-state index is 0.0681. The van der Waals surface area contributed by atoms with Crippen LogP contribution in [0.15, 0.2) is 42.5 Å². The van der Waals surface area contributed by atoms with E-state index in [1.54, 1.807) is 18.0 Å². The fourth-order valence-electron chi connectivity index (χ4n) is 3.82. The van der Waals surface area contributed by atoms with Gasteiger partial charge < -0.3 is 10.1 Å². The predicted octanol–water partition coefficient (Wildman–Crippen LogP) is 4.22. The Bertz CT molecular complexity index is 961. The number of nitrogens with one attached hydrogen (secondary N) is 1. The number of hydrogen-bond donors (Lipinski definition) is 1. The first-order valence-corrected chi connectivity index (χ1v) is 10.7. The van der Waals surface area contributed by atoms with Crippen molar-refractivity contribution in [3.05, 3.63) is 65.0 Å². The summed E-state index contributed by atoms with van der Waals surface area (Å²) >= 11 is 1.71. The lowest BCUT2D eigenvalue weighted by molar-refractivity contribution is 0.0675. The molecule has 29 heavy (non-hydrogen) atoms. The molecule has 1 saturated heterocycles. The van der Waals surface area contributed by atoms with Crippen LogP contribution < -0.4 is 5.32 Å². The Labute approximate surface area is 175 Å². The highest BCUT2D eigenvalue weighted by Crippen LogP contribution is 2.42. The minimum atomic E-state index is -0.483. The van der Waals surface area contributed by atoms with Crippen LogP contribution in [-0.2, 0) is 11.2 Å². The van der Waals surface area contributed by atoms with Crippen LogP contribution in [-0.4, -0.2) is 43.7 Å². The topological polar surface area (TPSA) is 48.3 Å². The van der Waals surface area contributed by atoms with Gasteiger partial charge in [0.05, 0.1) is 11.7 Å². The van der Waals surface area contributed by atoms with E-state index in [9.17, 15) is 4.39 Å². The lowest BCUT2D eigenvalue weighted by Gasteiger charge is -2.21. The Morgan fingerprint density at radius 1 is 1.34 bits per heavy atom. The number of likely N-dealkylation sites (N-methyl/N-ethyl adjacent to an activating group) is 1. The van der Waals surface area contributed by atoms with Gasteiger partial charge in [0.2, 0.25) is 0 Å². The molecule has 0 bridgehead atoms. The van der Waals surface area contributed by atoms with Crippen LogP contribution in [0.25, 0.3) is 16.0 Å². The van der Waals surface area contributed by atoms with Gasteiger partial charge in [-0.3, -0.25) is 0 Å². The number of nitriles is 1. The van der Waals surface area contributed by atoms with Crippen molar-refractivity contribution in [2.75, 3.05) is 33.3 Å². The standard InChI is InChI=1S/C23H24FN3OS/c1-27-10-8-22(29-27)23-17(12-19-15-26-9-3-11-28-19)4-2-5-20(23)16-6-7-18(14-25)21(24)13-16/h2,4-8,13,19,26H,3,9-12,15H2,1H3. The first-order valence-electron chi connectivity index (χ1n) is 9.89. The summed E-state index contributed by atoms with van der Waals surface area (Å²) in [5, 5.41) is 12.5. The highest BCUT2D eigenvalue weighted by molar-refractivity contribution is 8.06. The van der Waals surface area contributed by atoms with E-state index >= 15 is 0 Å². The van der Waals surface area contributed by atoms with E-state index in [0.29, 0.717) is 0 Å². The predicted molar refractivity (Wildman–Crippen MR) is 116 cm³/mol. The molecule has 1 atom stereocenters. The van der Waals surface area contributed by atoms with Crippen LogP contribution in [0, 0.1) is 17.1 Å². The fourth-order valence-corrected chi connectivity index (χ4v) is 4.79. The summed E-state index contributed by atoms with van der Waals surface area (Å²) in [6.07, 6.45) is 4.17. The van der Waals surface area contributed by atoms with Gasteiger partial charge in [0.1, 0.15) is 11.9 Å². The number of hydrogen-bond acceptors (Lipinski definition) is 5. The van der Waals surface area contributed by atoms with Crippen LogP contribution in [0.1, 0.15) is 23.1 Å². The lowest BCUT2D eigenvalue weighted by atomic mass is 9.91. The molecule has 6 heteroatoms. The summed E-state index contributed by atoms with van der Waals surface area (Å²) in [4.78, 5) is 1.18. The van der Waals surface area contributed by atoms with Gasteiger partial charge in [-0.05, 0) is 60.8 Å². The highest BCUT2D eigenvalue weighted by atomic mass is 32.2. The van der Waals surface area contributed by atoms with Crippen LogP contribution in [0.3, 0.4) is 0 Å². The summed E-state index contributed by atoms with van der Waals surface area (Å²) < 4.78 is 22.6. The van der Waals surface area contributed by atoms with Gasteiger partial charge in [0, 0.05) is 36.6 Å². The van der Waals surface area contributed by atoms with Gasteiger partial charge in [-0.25, -0.2) is 8.70 Å². The van der Waals surface area contributed by atoms with Gasteiger partial charge in [0.25, 0.3) is 0 Å². The summed E-state index contributed by atoms with van der Waals surface area (Å²) in [6.45, 7) is 3.46. The summed E-state index contributed by atoms with van der Waals surface area (Å²) in [6, 6.07) is 13.0. The molecule has 0 amide bonds. The Morgan fingerprint density at radius 3 is 3.00 bits per heavy atom. The van der Waals surface area contributed by atoms with Crippen molar-refractivity contribution >= 4 is 16.9 Å². The molecule has 2 heterocycles. The van der Waals surface area contributed by atoms with E-state index in [2.05, 4.69) is 28.8 Å². The summed E-state index contributed by atoms with van der Waals surface area (Å²) in [5.74, 6) is -0.483. The third-order valence-corrected chi connectivity index (χ3v) is 6.28. The maximum Gasteiger partial charge on any atom is 0.141 e. The molecule has 0 radical (unpaired) electrons. The monoisotopic (exact) mass is 409 g/mol. The van der Waals surface area contributed by atoms with Crippen molar-refractivity contribution in [2.45, 2.75) is 18.9 Å². The maximum absolute atomic E-state index is 14.3. The quantitative estimate of drug-likeness (QED) is 0.766. The smallest absolute Gasteiger partial charge is 0.141 e. The molecule has 0 aliphatic carbocycles. The first kappa shape index (κ1) is 20.1. The Morgan fingerprint density at radius 2 is 2.24 bits per heavy atom. The first-order chi connectivity index (χ1) is 14.2. The van der Waals surface area contributed by atoms with Gasteiger partial charge in [-0.2, -0.15) is 5.26 Å². The van der Waals surface area contributed by atoms with E-state index in [-0.39, 0.29) is 11.7 Å². The van der Waals surface area contributed by atoms with Crippen LogP contribution >= 0.6 is 11.9 Å². The minimum Gasteiger partial charge on any atom is -0.377 e. The van der Waals surface area contributed by atoms with Gasteiger partial charge in [-0.15, -0.1) is 0 Å². The molecule has 0 saturated carbocycles. The fraction of sp³-hybridized carbons (Fsp3) is 0.348. The maximum atomic E-state index is 14.3. The van der Waals surface area contributed by atoms with Crippen molar-refractivity contribution in [3.63, 3.8) is 0 Å². The normalized spacial score (nSPS) is 20.2. The number of benzene rings is 2. The molecular weight excluding hydrogens is 385 g/mol. The number of ether oxygens (including phenoxy) is 1. The molecular formula is C23H24FN3OS. The highest BCUT2D eigenvalue weighted by Gasteiger charge is 2.23. The number of nitrogens with zero attached hydrogens (tertiary/aromatic N) is 2. The van der Waals surface area contributed by atoms with Crippen molar-refractivity contribution in [1.82, 2.24) is 9.62 Å². The van der Waals surface area contributed by atoms with Gasteiger partial charge in [0.15, 0.2) is 0 Å². The molecule has 1 fully saturated rings. The summed E-state index contributed by atoms with van der Waals surface area (Å²) in [5.41, 5.74) is 4.18. The summed E-state index contributed by atoms with van der Waals surface area (Å²) in [7, 11) is 2.07. The molecule has 0 aromatic heterocycles. The van der Waals surface area contributed by atoms with Crippen LogP contribution in [0.2, 0.25) is 0 Å². The molecule has 2 aliphatic heterocycles. The molecule has 1 N–H and O–H groups in total. The zero-order valence-corrected chi connectivity index (χ0v) is 17.3. The zero-order valence-electron chi connectivity index (χ0n) is 16.5. The van der Waals surface area contributed by atoms with Crippen molar-refractivity contribution in [1.29, 1.82) is 5.26 Å². The molecule has 1 unspecified atom stereocenters. The van der Waals surface area contributed by atoms with Gasteiger partial charge in [-0.1, -0.05) is 30.3 Å². The molecule has 4 nitrogen and oxygen atoms in total. The zero-order chi connectivity index (χ0) is 20.2. The second kappa shape index (κ2) is 9.10. The van der Waals surface area contributed by atoms with Gasteiger partial charge >= 0.3 is 0 Å². The molecule has 2 aromatic rings. The second-order valence-corrected chi connectivity index (χ2v) is 8.62. The SMILES string of the molecule is CN1CC=C(c2c(CC3CNCCCO3)cccc2-c2ccc(C#N)c(F)c2)S1. The van der Waals surface area contributed by atoms with E-state index in [1.807, 2.05) is 24.3 Å². The Kier molecular flexibility index (Phi) is 6.31. The second-order valence-electron chi connectivity index (χ2n) is 7.37. The third-order valence-electron chi connectivity index (χ3n) is 5.26. The van der Waals surface area contributed by atoms with E-state index in [0.717, 1.165) is 55.8 Å². The van der Waals surface area contributed by atoms with E-state index < -0.39 is 5.82 Å². The van der Waals surface area contributed by atoms with Crippen molar-refractivity contribution in [2.24, 2.45) is 0 Å². The molecule has 2 aromatic carbocycles. The molecule has 4 rings (SSSR count). The number of rotatable bonds is 4. The van der Waals surface area contributed by atoms with E-state index in [1.165, 1.54) is 16.5 Å². The average Bonchev–Trinajstić information content (AvgIpc) is 2.99. The van der Waals surface area contributed by atoms with Crippen molar-refractivity contribution < 1.29 is 9.13 Å². The largest absolute Gasteiger partial charge is 0.377 e. The molecule has 2 aliphatic rings. The third kappa shape index (κ3) is 4.54. The Balaban J connectivity index is 1.76. The molecule has 150 valence electrons. The Hall–Kier alpha value is -2.17. The van der Waals surface area contributed by atoms with Crippen molar-refractivity contribution in [3.8, 4) is 17.2 Å². The molecule has 0 spiro atoms. The van der Waals surface area contributed by atoms with Crippen LogP contribution in [0.5, 0.6) is 0 Å². The number of halogens is 1. The average molecular weight is 410 g/mol. The van der Waals surface area contributed by atoms with E-state index in [4.69, 9.17) is 10.00 Å².